The molecule has 0 saturated heterocycles. The second-order valence-electron chi connectivity index (χ2n) is 13.1. The third kappa shape index (κ3) is 4.78. The number of rotatable bonds is 5. The summed E-state index contributed by atoms with van der Waals surface area (Å²) in [7, 11) is 15.2. The van der Waals surface area contributed by atoms with Gasteiger partial charge in [-0.15, -0.1) is 0 Å². The number of benzene rings is 4. The molecule has 40 heavy (non-hydrogen) atoms. The number of fused-ring (bicyclic) bond motifs is 4. The Hall–Kier alpha value is -1.70. The van der Waals surface area contributed by atoms with E-state index in [9.17, 15) is 0 Å². The molecule has 0 fully saturated rings. The van der Waals surface area contributed by atoms with E-state index in [1.54, 1.807) is 0 Å². The van der Waals surface area contributed by atoms with Gasteiger partial charge in [-0.3, -0.25) is 0 Å². The second-order valence-corrected chi connectivity index (χ2v) is 28.9. The van der Waals surface area contributed by atoms with E-state index >= 15 is 0 Å². The summed E-state index contributed by atoms with van der Waals surface area (Å²) in [6.07, 6.45) is 3.50. The fraction of sp³-hybridized carbons (Fsp3) is 0.278. The van der Waals surface area contributed by atoms with E-state index in [0.717, 1.165) is 6.42 Å². The summed E-state index contributed by atoms with van der Waals surface area (Å²) < 4.78 is 1.42. The quantitative estimate of drug-likeness (QED) is 0.166. The van der Waals surface area contributed by atoms with Crippen molar-refractivity contribution in [3.8, 4) is 22.3 Å². The first-order valence-corrected chi connectivity index (χ1v) is 24.9. The van der Waals surface area contributed by atoms with Gasteiger partial charge in [0.25, 0.3) is 0 Å². The predicted molar refractivity (Wildman–Crippen MR) is 177 cm³/mol. The summed E-state index contributed by atoms with van der Waals surface area (Å²) in [6.45, 7) is 13.8. The van der Waals surface area contributed by atoms with Crippen LogP contribution in [0.2, 0.25) is 0 Å². The molecule has 1 heterocycles. The first kappa shape index (κ1) is 28.4. The molecule has 0 saturated carbocycles. The SMILES string of the molecule is Cc1ccccc1-c1c(C(C)(C)C)ccc2c1C=C(CC(C)C)[CH]2[Zr]([Cl])([Cl])[c]1cccc2c1[SiH2]c1ccccc1-2. The normalized spacial score (nSPS) is 16.7. The van der Waals surface area contributed by atoms with Gasteiger partial charge in [-0.05, 0) is 0 Å². The molecule has 0 spiro atoms. The van der Waals surface area contributed by atoms with Gasteiger partial charge in [0.2, 0.25) is 0 Å². The molecular weight excluding hydrogens is 623 g/mol. The van der Waals surface area contributed by atoms with Gasteiger partial charge in [-0.25, -0.2) is 0 Å². The fourth-order valence-corrected chi connectivity index (χ4v) is 23.8. The number of hydrogen-bond donors (Lipinski definition) is 0. The number of aryl methyl sites for hydroxylation is 1. The Morgan fingerprint density at radius 3 is 2.20 bits per heavy atom. The van der Waals surface area contributed by atoms with Crippen LogP contribution in [0.3, 0.4) is 0 Å². The molecule has 1 aliphatic carbocycles. The van der Waals surface area contributed by atoms with Gasteiger partial charge >= 0.3 is 256 Å². The zero-order valence-corrected chi connectivity index (χ0v) is 29.8. The summed E-state index contributed by atoms with van der Waals surface area (Å²) in [4.78, 5) is 0. The zero-order valence-electron chi connectivity index (χ0n) is 24.4. The van der Waals surface area contributed by atoms with Gasteiger partial charge in [-0.2, -0.15) is 0 Å². The van der Waals surface area contributed by atoms with Crippen molar-refractivity contribution >= 4 is 46.3 Å². The molecule has 1 atom stereocenters. The van der Waals surface area contributed by atoms with Crippen LogP contribution in [0.4, 0.5) is 0 Å². The first-order chi connectivity index (χ1) is 19.0. The molecule has 0 aromatic heterocycles. The van der Waals surface area contributed by atoms with Crippen molar-refractivity contribution in [2.75, 3.05) is 0 Å². The van der Waals surface area contributed by atoms with Crippen molar-refractivity contribution in [3.05, 3.63) is 107 Å². The maximum atomic E-state index is 7.92. The Morgan fingerprint density at radius 1 is 0.825 bits per heavy atom. The maximum absolute atomic E-state index is 7.92. The molecule has 0 N–H and O–H groups in total. The Bertz CT molecular complexity index is 1660. The standard InChI is InChI=1S/C24H29.C12H9Si.2ClH.Zr/c1-16(2)13-18-14-19-11-12-22(24(4,5)6)23(21(19)15-18)20-10-8-7-9-17(20)3;1-3-7-11-9(5-1)10-6-2-4-8-12(10)13-11;;;/h7-12,14-16H,13H2,1-6H3;1-7H,13H2;2*1H;/q;;;;+2/p-2. The summed E-state index contributed by atoms with van der Waals surface area (Å²) in [6, 6.07) is 29.2. The van der Waals surface area contributed by atoms with Crippen LogP contribution in [0.15, 0.2) is 84.4 Å². The zero-order chi connectivity index (χ0) is 28.4. The van der Waals surface area contributed by atoms with Crippen LogP contribution in [-0.4, -0.2) is 9.52 Å². The molecule has 4 heteroatoms. The molecule has 2 aliphatic rings. The van der Waals surface area contributed by atoms with E-state index in [1.165, 1.54) is 63.7 Å². The minimum atomic E-state index is -4.01. The van der Waals surface area contributed by atoms with Crippen LogP contribution in [0.5, 0.6) is 0 Å². The monoisotopic (exact) mass is 658 g/mol. The fourth-order valence-electron chi connectivity index (χ4n) is 6.98. The van der Waals surface area contributed by atoms with Crippen LogP contribution in [0.25, 0.3) is 28.3 Å². The van der Waals surface area contributed by atoms with E-state index < -0.39 is 27.4 Å². The first-order valence-electron chi connectivity index (χ1n) is 14.5. The molecule has 204 valence electrons. The van der Waals surface area contributed by atoms with Crippen molar-refractivity contribution in [1.29, 1.82) is 0 Å². The molecule has 0 nitrogen and oxygen atoms in total. The molecule has 0 radical (unpaired) electrons. The third-order valence-electron chi connectivity index (χ3n) is 8.73. The molecule has 1 aliphatic heterocycles. The van der Waals surface area contributed by atoms with Gasteiger partial charge in [0.05, 0.1) is 0 Å². The molecule has 4 aromatic carbocycles. The van der Waals surface area contributed by atoms with E-state index in [0.29, 0.717) is 5.92 Å². The third-order valence-corrected chi connectivity index (χ3v) is 23.1. The van der Waals surface area contributed by atoms with Crippen LogP contribution in [0.1, 0.15) is 66.9 Å². The van der Waals surface area contributed by atoms with Gasteiger partial charge in [0.15, 0.2) is 0 Å². The Kier molecular flexibility index (Phi) is 7.49. The number of allylic oxidation sites excluding steroid dienone is 1. The van der Waals surface area contributed by atoms with Gasteiger partial charge in [-0.1, -0.05) is 0 Å². The van der Waals surface area contributed by atoms with Gasteiger partial charge in [0, 0.05) is 0 Å². The summed E-state index contributed by atoms with van der Waals surface area (Å²) in [5.74, 6) is 0.530. The van der Waals surface area contributed by atoms with E-state index in [2.05, 4.69) is 126 Å². The van der Waals surface area contributed by atoms with Crippen molar-refractivity contribution in [3.63, 3.8) is 0 Å². The van der Waals surface area contributed by atoms with Crippen LogP contribution in [-0.2, 0) is 23.3 Å². The summed E-state index contributed by atoms with van der Waals surface area (Å²) >= 11 is -4.01. The molecule has 1 unspecified atom stereocenters. The summed E-state index contributed by atoms with van der Waals surface area (Å²) in [5.41, 5.74) is 12.3. The second kappa shape index (κ2) is 10.5. The van der Waals surface area contributed by atoms with Gasteiger partial charge in [0.1, 0.15) is 0 Å². The Balaban J connectivity index is 1.58. The van der Waals surface area contributed by atoms with E-state index in [-0.39, 0.29) is 9.04 Å². The molecule has 4 aromatic rings. The molecular formula is C36H38Cl2SiZr. The Morgan fingerprint density at radius 2 is 1.50 bits per heavy atom. The van der Waals surface area contributed by atoms with E-state index in [1.807, 2.05) is 0 Å². The molecule has 0 amide bonds. The molecule has 0 bridgehead atoms. The van der Waals surface area contributed by atoms with Gasteiger partial charge < -0.3 is 0 Å². The van der Waals surface area contributed by atoms with Crippen molar-refractivity contribution in [2.24, 2.45) is 5.92 Å². The Labute approximate surface area is 254 Å². The predicted octanol–water partition coefficient (Wildman–Crippen LogP) is 8.33. The topological polar surface area (TPSA) is 0 Å². The minimum absolute atomic E-state index is 0.0106. The average molecular weight is 661 g/mol. The van der Waals surface area contributed by atoms with Crippen LogP contribution < -0.4 is 13.6 Å². The van der Waals surface area contributed by atoms with Crippen LogP contribution in [0, 0.1) is 12.8 Å². The van der Waals surface area contributed by atoms with E-state index in [4.69, 9.17) is 17.0 Å². The molecule has 6 rings (SSSR count). The van der Waals surface area contributed by atoms with Crippen molar-refractivity contribution in [1.82, 2.24) is 0 Å². The van der Waals surface area contributed by atoms with Crippen molar-refractivity contribution < 1.29 is 17.9 Å². The number of halogens is 2. The number of hydrogen-bond acceptors (Lipinski definition) is 0. The summed E-state index contributed by atoms with van der Waals surface area (Å²) in [5, 5.41) is 3.01. The average Bonchev–Trinajstić information content (AvgIpc) is 3.45. The van der Waals surface area contributed by atoms with Crippen LogP contribution >= 0.6 is 17.0 Å². The van der Waals surface area contributed by atoms with Crippen molar-refractivity contribution in [2.45, 2.75) is 57.0 Å².